The van der Waals surface area contributed by atoms with E-state index in [4.69, 9.17) is 4.74 Å². The summed E-state index contributed by atoms with van der Waals surface area (Å²) in [6, 6.07) is 5.74. The Hall–Kier alpha value is -1.40. The topological polar surface area (TPSA) is 58.6 Å². The fraction of sp³-hybridized carbons (Fsp3) is 0.467. The highest BCUT2D eigenvalue weighted by atomic mass is 79.9. The van der Waals surface area contributed by atoms with Crippen LogP contribution >= 0.6 is 15.9 Å². The Balaban J connectivity index is 1.96. The van der Waals surface area contributed by atoms with E-state index in [0.717, 1.165) is 15.7 Å². The fourth-order valence-electron chi connectivity index (χ4n) is 2.32. The molecule has 2 amide bonds. The Morgan fingerprint density at radius 2 is 2.29 bits per heavy atom. The summed E-state index contributed by atoms with van der Waals surface area (Å²) in [4.78, 5) is 25.8. The first kappa shape index (κ1) is 16.0. The van der Waals surface area contributed by atoms with Crippen LogP contribution in [0.4, 0.5) is 5.69 Å². The Bertz CT molecular complexity index is 548. The third kappa shape index (κ3) is 4.04. The molecule has 5 nitrogen and oxygen atoms in total. The van der Waals surface area contributed by atoms with Crippen molar-refractivity contribution in [2.24, 2.45) is 5.92 Å². The van der Waals surface area contributed by atoms with Crippen LogP contribution in [0.25, 0.3) is 0 Å². The molecular weight excluding hydrogens is 336 g/mol. The molecule has 2 rings (SSSR count). The number of nitrogens with zero attached hydrogens (tertiary/aromatic N) is 1. The molecule has 1 unspecified atom stereocenters. The molecule has 0 radical (unpaired) electrons. The zero-order valence-electron chi connectivity index (χ0n) is 12.2. The summed E-state index contributed by atoms with van der Waals surface area (Å²) < 4.78 is 5.81. The van der Waals surface area contributed by atoms with Crippen molar-refractivity contribution in [3.05, 3.63) is 28.2 Å². The Morgan fingerprint density at radius 3 is 2.95 bits per heavy atom. The lowest BCUT2D eigenvalue weighted by molar-refractivity contribution is -0.128. The van der Waals surface area contributed by atoms with Gasteiger partial charge in [-0.25, -0.2) is 0 Å². The van der Waals surface area contributed by atoms with Gasteiger partial charge in [0.1, 0.15) is 0 Å². The van der Waals surface area contributed by atoms with Gasteiger partial charge in [-0.3, -0.25) is 9.59 Å². The zero-order valence-corrected chi connectivity index (χ0v) is 13.8. The molecule has 0 aliphatic carbocycles. The molecule has 1 fully saturated rings. The van der Waals surface area contributed by atoms with Gasteiger partial charge in [-0.05, 0) is 40.5 Å². The number of anilines is 1. The number of hydrogen-bond donors (Lipinski definition) is 1. The minimum absolute atomic E-state index is 0.00942. The quantitative estimate of drug-likeness (QED) is 0.881. The number of benzene rings is 1. The standard InChI is InChI=1S/C15H19BrN2O3/c1-10-3-4-13(12(16)7-10)17-15(20)11-8-14(19)18(9-11)5-6-21-2/h3-4,7,11H,5-6,8-9H2,1-2H3,(H,17,20). The van der Waals surface area contributed by atoms with Gasteiger partial charge < -0.3 is 15.0 Å². The molecule has 6 heteroatoms. The summed E-state index contributed by atoms with van der Waals surface area (Å²) in [5, 5.41) is 2.88. The summed E-state index contributed by atoms with van der Waals surface area (Å²) in [5.41, 5.74) is 1.84. The summed E-state index contributed by atoms with van der Waals surface area (Å²) >= 11 is 3.43. The highest BCUT2D eigenvalue weighted by molar-refractivity contribution is 9.10. The van der Waals surface area contributed by atoms with Gasteiger partial charge in [-0.2, -0.15) is 0 Å². The van der Waals surface area contributed by atoms with Crippen molar-refractivity contribution in [1.82, 2.24) is 4.90 Å². The lowest BCUT2D eigenvalue weighted by Gasteiger charge is -2.16. The third-order valence-electron chi connectivity index (χ3n) is 3.53. The number of hydrogen-bond acceptors (Lipinski definition) is 3. The van der Waals surface area contributed by atoms with Gasteiger partial charge in [0.15, 0.2) is 0 Å². The molecule has 1 aromatic carbocycles. The van der Waals surface area contributed by atoms with Crippen molar-refractivity contribution < 1.29 is 14.3 Å². The smallest absolute Gasteiger partial charge is 0.229 e. The first-order chi connectivity index (χ1) is 10.0. The first-order valence-electron chi connectivity index (χ1n) is 6.85. The number of nitrogens with one attached hydrogen (secondary N) is 1. The van der Waals surface area contributed by atoms with Gasteiger partial charge in [-0.1, -0.05) is 6.07 Å². The number of aryl methyl sites for hydroxylation is 1. The van der Waals surface area contributed by atoms with Crippen LogP contribution in [-0.4, -0.2) is 43.5 Å². The SMILES string of the molecule is COCCN1CC(C(=O)Nc2ccc(C)cc2Br)CC1=O. The van der Waals surface area contributed by atoms with Gasteiger partial charge in [-0.15, -0.1) is 0 Å². The number of ether oxygens (including phenoxy) is 1. The Labute approximate surface area is 132 Å². The maximum atomic E-state index is 12.3. The molecular formula is C15H19BrN2O3. The van der Waals surface area contributed by atoms with E-state index in [9.17, 15) is 9.59 Å². The van der Waals surface area contributed by atoms with Gasteiger partial charge in [0.05, 0.1) is 18.2 Å². The maximum Gasteiger partial charge on any atom is 0.229 e. The molecule has 1 N–H and O–H groups in total. The van der Waals surface area contributed by atoms with Gasteiger partial charge >= 0.3 is 0 Å². The molecule has 1 aromatic rings. The van der Waals surface area contributed by atoms with E-state index in [1.165, 1.54) is 0 Å². The van der Waals surface area contributed by atoms with E-state index in [1.54, 1.807) is 12.0 Å². The lowest BCUT2D eigenvalue weighted by atomic mass is 10.1. The second-order valence-electron chi connectivity index (χ2n) is 5.21. The third-order valence-corrected chi connectivity index (χ3v) is 4.19. The van der Waals surface area contributed by atoms with Gasteiger partial charge in [0.2, 0.25) is 11.8 Å². The van der Waals surface area contributed by atoms with Crippen LogP contribution in [0.5, 0.6) is 0 Å². The summed E-state index contributed by atoms with van der Waals surface area (Å²) in [5.74, 6) is -0.412. The van der Waals surface area contributed by atoms with Crippen LogP contribution in [0.1, 0.15) is 12.0 Å². The number of carbonyl (C=O) groups excluding carboxylic acids is 2. The predicted molar refractivity (Wildman–Crippen MR) is 84.1 cm³/mol. The second kappa shape index (κ2) is 7.04. The Kier molecular flexibility index (Phi) is 5.36. The molecule has 114 valence electrons. The first-order valence-corrected chi connectivity index (χ1v) is 7.64. The minimum atomic E-state index is -0.303. The normalized spacial score (nSPS) is 18.1. The van der Waals surface area contributed by atoms with Crippen LogP contribution < -0.4 is 5.32 Å². The monoisotopic (exact) mass is 354 g/mol. The van der Waals surface area contributed by atoms with Crippen molar-refractivity contribution in [2.75, 3.05) is 32.1 Å². The largest absolute Gasteiger partial charge is 0.383 e. The van der Waals surface area contributed by atoms with Crippen LogP contribution in [-0.2, 0) is 14.3 Å². The second-order valence-corrected chi connectivity index (χ2v) is 6.06. The van der Waals surface area contributed by atoms with Crippen LogP contribution in [0.3, 0.4) is 0 Å². The van der Waals surface area contributed by atoms with Gasteiger partial charge in [0, 0.05) is 31.1 Å². The molecule has 1 heterocycles. The maximum absolute atomic E-state index is 12.3. The van der Waals surface area contributed by atoms with E-state index in [0.29, 0.717) is 19.7 Å². The molecule has 0 saturated carbocycles. The average molecular weight is 355 g/mol. The molecule has 1 atom stereocenters. The summed E-state index contributed by atoms with van der Waals surface area (Å²) in [6.07, 6.45) is 0.263. The van der Waals surface area contributed by atoms with Crippen LogP contribution in [0, 0.1) is 12.8 Å². The molecule has 0 aromatic heterocycles. The van der Waals surface area contributed by atoms with Crippen LogP contribution in [0.2, 0.25) is 0 Å². The average Bonchev–Trinajstić information content (AvgIpc) is 2.81. The number of halogens is 1. The summed E-state index contributed by atoms with van der Waals surface area (Å²) in [6.45, 7) is 3.47. The zero-order chi connectivity index (χ0) is 15.4. The van der Waals surface area contributed by atoms with E-state index in [1.807, 2.05) is 25.1 Å². The Morgan fingerprint density at radius 1 is 1.52 bits per heavy atom. The van der Waals surface area contributed by atoms with Crippen LogP contribution in [0.15, 0.2) is 22.7 Å². The highest BCUT2D eigenvalue weighted by Gasteiger charge is 2.34. The van der Waals surface area contributed by atoms with Gasteiger partial charge in [0.25, 0.3) is 0 Å². The summed E-state index contributed by atoms with van der Waals surface area (Å²) in [7, 11) is 1.60. The number of likely N-dealkylation sites (tertiary alicyclic amines) is 1. The number of carbonyl (C=O) groups is 2. The lowest BCUT2D eigenvalue weighted by Crippen LogP contribution is -2.30. The van der Waals surface area contributed by atoms with E-state index >= 15 is 0 Å². The minimum Gasteiger partial charge on any atom is -0.383 e. The van der Waals surface area contributed by atoms with Crippen molar-refractivity contribution in [3.63, 3.8) is 0 Å². The molecule has 0 bridgehead atoms. The molecule has 1 saturated heterocycles. The van der Waals surface area contributed by atoms with E-state index < -0.39 is 0 Å². The molecule has 0 spiro atoms. The van der Waals surface area contributed by atoms with E-state index in [2.05, 4.69) is 21.2 Å². The van der Waals surface area contributed by atoms with E-state index in [-0.39, 0.29) is 24.2 Å². The number of rotatable bonds is 5. The van der Waals surface area contributed by atoms with Crippen molar-refractivity contribution in [3.8, 4) is 0 Å². The van der Waals surface area contributed by atoms with Crippen molar-refractivity contribution >= 4 is 33.4 Å². The van der Waals surface area contributed by atoms with Crippen molar-refractivity contribution in [1.29, 1.82) is 0 Å². The predicted octanol–water partition coefficient (Wildman–Crippen LogP) is 2.19. The number of amides is 2. The molecule has 21 heavy (non-hydrogen) atoms. The highest BCUT2D eigenvalue weighted by Crippen LogP contribution is 2.25. The molecule has 1 aliphatic rings. The van der Waals surface area contributed by atoms with Crippen molar-refractivity contribution in [2.45, 2.75) is 13.3 Å². The fourth-order valence-corrected chi connectivity index (χ4v) is 2.91. The molecule has 1 aliphatic heterocycles. The number of methoxy groups -OCH3 is 1.